The first-order valence-electron chi connectivity index (χ1n) is 17.5. The molecule has 0 aliphatic heterocycles. The molecule has 3 nitrogen and oxygen atoms in total. The largest absolute Gasteiger partial charge is 0.309 e. The minimum Gasteiger partial charge on any atom is -0.309 e. The van der Waals surface area contributed by atoms with Crippen LogP contribution in [0.1, 0.15) is 25.0 Å². The maximum Gasteiger partial charge on any atom is 0.161 e. The molecule has 51 heavy (non-hydrogen) atoms. The zero-order valence-electron chi connectivity index (χ0n) is 28.2. The van der Waals surface area contributed by atoms with Gasteiger partial charge in [-0.1, -0.05) is 129 Å². The number of thiophene rings is 1. The molecule has 0 bridgehead atoms. The summed E-state index contributed by atoms with van der Waals surface area (Å²) in [5, 5.41) is 6.12. The molecular weight excluding hydrogens is 639 g/mol. The van der Waals surface area contributed by atoms with Crippen molar-refractivity contribution in [1.82, 2.24) is 14.5 Å². The van der Waals surface area contributed by atoms with Crippen LogP contribution in [0, 0.1) is 0 Å². The molecule has 1 aliphatic rings. The lowest BCUT2D eigenvalue weighted by Gasteiger charge is -2.22. The molecule has 3 heterocycles. The van der Waals surface area contributed by atoms with Crippen LogP contribution in [0.4, 0.5) is 0 Å². The van der Waals surface area contributed by atoms with Gasteiger partial charge >= 0.3 is 0 Å². The maximum absolute atomic E-state index is 5.26. The predicted molar refractivity (Wildman–Crippen MR) is 215 cm³/mol. The molecule has 0 saturated carbocycles. The second kappa shape index (κ2) is 10.5. The molecule has 0 amide bonds. The molecule has 1 aliphatic carbocycles. The number of rotatable bonds is 3. The van der Waals surface area contributed by atoms with Crippen molar-refractivity contribution < 1.29 is 0 Å². The smallest absolute Gasteiger partial charge is 0.161 e. The van der Waals surface area contributed by atoms with Gasteiger partial charge in [0.05, 0.1) is 22.2 Å². The highest BCUT2D eigenvalue weighted by Gasteiger charge is 2.35. The fraction of sp³-hybridized carbons (Fsp3) is 0.0638. The highest BCUT2D eigenvalue weighted by atomic mass is 32.1. The lowest BCUT2D eigenvalue weighted by atomic mass is 9.82. The van der Waals surface area contributed by atoms with Crippen LogP contribution < -0.4 is 0 Å². The first-order valence-corrected chi connectivity index (χ1v) is 18.3. The van der Waals surface area contributed by atoms with Crippen molar-refractivity contribution in [3.8, 4) is 39.5 Å². The number of para-hydroxylation sites is 2. The van der Waals surface area contributed by atoms with Crippen LogP contribution in [0.25, 0.3) is 92.3 Å². The van der Waals surface area contributed by atoms with E-state index in [2.05, 4.69) is 164 Å². The highest BCUT2D eigenvalue weighted by Crippen LogP contribution is 2.50. The van der Waals surface area contributed by atoms with Gasteiger partial charge in [-0.3, -0.25) is 0 Å². The molecule has 0 N–H and O–H groups in total. The Morgan fingerprint density at radius 2 is 1.22 bits per heavy atom. The van der Waals surface area contributed by atoms with Crippen LogP contribution in [0.2, 0.25) is 0 Å². The summed E-state index contributed by atoms with van der Waals surface area (Å²) in [6.07, 6.45) is 0. The highest BCUT2D eigenvalue weighted by molar-refractivity contribution is 7.27. The van der Waals surface area contributed by atoms with Crippen molar-refractivity contribution in [3.63, 3.8) is 0 Å². The topological polar surface area (TPSA) is 30.7 Å². The average Bonchev–Trinajstić information content (AvgIpc) is 3.80. The Morgan fingerprint density at radius 3 is 2.12 bits per heavy atom. The van der Waals surface area contributed by atoms with Gasteiger partial charge in [0, 0.05) is 58.6 Å². The minimum atomic E-state index is -0.0684. The molecule has 11 rings (SSSR count). The zero-order chi connectivity index (χ0) is 33.8. The van der Waals surface area contributed by atoms with E-state index in [9.17, 15) is 0 Å². The summed E-state index contributed by atoms with van der Waals surface area (Å²) in [6, 6.07) is 54.8. The van der Waals surface area contributed by atoms with E-state index < -0.39 is 0 Å². The standard InChI is InChI=1S/C47H31N3S/c1-47(2)37-20-9-6-15-30(37)31-24-23-29(27-38(31)47)50-40-22-11-8-17-35(40)42-41(50)26-25-33-32-18-12-19-36(44(32)51-45(33)42)46-48-39-21-10-7-16-34(39)43(49-46)28-13-4-3-5-14-28/h3-27H,1-2H3. The number of aromatic nitrogens is 3. The number of hydrogen-bond acceptors (Lipinski definition) is 3. The van der Waals surface area contributed by atoms with Gasteiger partial charge in [-0.25, -0.2) is 9.97 Å². The molecule has 3 aromatic heterocycles. The molecule has 0 radical (unpaired) electrons. The average molecular weight is 670 g/mol. The summed E-state index contributed by atoms with van der Waals surface area (Å²) in [7, 11) is 0. The Bertz CT molecular complexity index is 3060. The third kappa shape index (κ3) is 3.99. The van der Waals surface area contributed by atoms with Gasteiger partial charge in [0.25, 0.3) is 0 Å². The van der Waals surface area contributed by atoms with Crippen LogP contribution in [-0.2, 0) is 5.41 Å². The maximum atomic E-state index is 5.26. The lowest BCUT2D eigenvalue weighted by Crippen LogP contribution is -2.15. The predicted octanol–water partition coefficient (Wildman–Crippen LogP) is 12.7. The minimum absolute atomic E-state index is 0.0684. The van der Waals surface area contributed by atoms with Gasteiger partial charge in [-0.15, -0.1) is 11.3 Å². The van der Waals surface area contributed by atoms with E-state index in [1.807, 2.05) is 17.4 Å². The number of nitrogens with zero attached hydrogens (tertiary/aromatic N) is 3. The molecule has 10 aromatic rings. The molecule has 240 valence electrons. The third-order valence-corrected chi connectivity index (χ3v) is 12.3. The van der Waals surface area contributed by atoms with E-state index in [1.165, 1.54) is 69.9 Å². The van der Waals surface area contributed by atoms with Crippen molar-refractivity contribution in [2.45, 2.75) is 19.3 Å². The van der Waals surface area contributed by atoms with Crippen molar-refractivity contribution >= 4 is 64.2 Å². The molecule has 7 aromatic carbocycles. The van der Waals surface area contributed by atoms with Crippen LogP contribution in [0.3, 0.4) is 0 Å². The molecule has 0 spiro atoms. The summed E-state index contributed by atoms with van der Waals surface area (Å²) >= 11 is 1.86. The van der Waals surface area contributed by atoms with E-state index in [0.29, 0.717) is 0 Å². The molecule has 4 heteroatoms. The van der Waals surface area contributed by atoms with Crippen LogP contribution >= 0.6 is 11.3 Å². The summed E-state index contributed by atoms with van der Waals surface area (Å²) in [6.45, 7) is 4.71. The Morgan fingerprint density at radius 1 is 0.510 bits per heavy atom. The van der Waals surface area contributed by atoms with Crippen LogP contribution in [0.5, 0.6) is 0 Å². The molecule has 0 fully saturated rings. The van der Waals surface area contributed by atoms with Crippen LogP contribution in [0.15, 0.2) is 152 Å². The Labute approximate surface area is 299 Å². The Hall–Kier alpha value is -6.10. The first kappa shape index (κ1) is 28.7. The van der Waals surface area contributed by atoms with E-state index in [0.717, 1.165) is 33.5 Å². The van der Waals surface area contributed by atoms with Gasteiger partial charge in [0.15, 0.2) is 5.82 Å². The summed E-state index contributed by atoms with van der Waals surface area (Å²) in [5.41, 5.74) is 13.1. The molecule has 0 atom stereocenters. The van der Waals surface area contributed by atoms with E-state index in [1.54, 1.807) is 0 Å². The second-order valence-electron chi connectivity index (χ2n) is 14.2. The van der Waals surface area contributed by atoms with Gasteiger partial charge in [-0.2, -0.15) is 0 Å². The Balaban J connectivity index is 1.16. The first-order chi connectivity index (χ1) is 25.1. The SMILES string of the molecule is CC1(C)c2ccccc2-c2ccc(-n3c4ccccc4c4c5sc6c(-c7nc(-c8ccccc8)c8ccccc8n7)cccc6c5ccc43)cc21. The second-order valence-corrected chi connectivity index (χ2v) is 15.2. The quantitative estimate of drug-likeness (QED) is 0.187. The van der Waals surface area contributed by atoms with Crippen molar-refractivity contribution in [2.24, 2.45) is 0 Å². The monoisotopic (exact) mass is 669 g/mol. The summed E-state index contributed by atoms with van der Waals surface area (Å²) in [4.78, 5) is 10.4. The van der Waals surface area contributed by atoms with Crippen molar-refractivity contribution in [2.75, 3.05) is 0 Å². The van der Waals surface area contributed by atoms with Gasteiger partial charge in [0.2, 0.25) is 0 Å². The van der Waals surface area contributed by atoms with Gasteiger partial charge in [-0.05, 0) is 58.7 Å². The third-order valence-electron chi connectivity index (χ3n) is 11.0. The van der Waals surface area contributed by atoms with Gasteiger partial charge < -0.3 is 4.57 Å². The van der Waals surface area contributed by atoms with E-state index in [4.69, 9.17) is 9.97 Å². The van der Waals surface area contributed by atoms with E-state index in [-0.39, 0.29) is 5.41 Å². The van der Waals surface area contributed by atoms with Crippen LogP contribution in [-0.4, -0.2) is 14.5 Å². The fourth-order valence-electron chi connectivity index (χ4n) is 8.61. The number of benzene rings is 7. The van der Waals surface area contributed by atoms with Gasteiger partial charge in [0.1, 0.15) is 0 Å². The number of fused-ring (bicyclic) bond motifs is 11. The number of hydrogen-bond donors (Lipinski definition) is 0. The van der Waals surface area contributed by atoms with Crippen molar-refractivity contribution in [1.29, 1.82) is 0 Å². The summed E-state index contributed by atoms with van der Waals surface area (Å²) < 4.78 is 4.97. The van der Waals surface area contributed by atoms with Crippen molar-refractivity contribution in [3.05, 3.63) is 163 Å². The molecule has 0 unspecified atom stereocenters. The fourth-order valence-corrected chi connectivity index (χ4v) is 9.97. The summed E-state index contributed by atoms with van der Waals surface area (Å²) in [5.74, 6) is 0.755. The van der Waals surface area contributed by atoms with E-state index >= 15 is 0 Å². The molecular formula is C47H31N3S. The lowest BCUT2D eigenvalue weighted by molar-refractivity contribution is 0.660. The zero-order valence-corrected chi connectivity index (χ0v) is 29.0. The Kier molecular flexibility index (Phi) is 5.89. The molecule has 0 saturated heterocycles. The normalized spacial score (nSPS) is 13.5.